The maximum Gasteiger partial charge on any atom is 0.0537 e. The molecular weight excluding hydrogens is 639 g/mol. The lowest BCUT2D eigenvalue weighted by atomic mass is 9.73. The molecule has 9 rings (SSSR count). The molecule has 2 aliphatic rings. The Morgan fingerprint density at radius 1 is 0.509 bits per heavy atom. The van der Waals surface area contributed by atoms with Gasteiger partial charge in [0, 0.05) is 34.6 Å². The number of hydrogen-bond donors (Lipinski definition) is 0. The molecule has 2 unspecified atom stereocenters. The third-order valence-electron chi connectivity index (χ3n) is 10.9. The Kier molecular flexibility index (Phi) is 8.75. The molecule has 7 aromatic carbocycles. The van der Waals surface area contributed by atoms with Gasteiger partial charge in [-0.2, -0.15) is 0 Å². The molecule has 1 nitrogen and oxygen atoms in total. The van der Waals surface area contributed by atoms with E-state index in [0.717, 1.165) is 6.42 Å². The summed E-state index contributed by atoms with van der Waals surface area (Å²) in [6.07, 6.45) is 14.4. The summed E-state index contributed by atoms with van der Waals surface area (Å²) < 4.78 is 0. The average molecular weight is 680 g/mol. The minimum Gasteiger partial charge on any atom is -0.312 e. The second kappa shape index (κ2) is 14.3. The van der Waals surface area contributed by atoms with Gasteiger partial charge in [-0.15, -0.1) is 0 Å². The lowest BCUT2D eigenvalue weighted by Crippen LogP contribution is -2.20. The Morgan fingerprint density at radius 3 is 2.00 bits per heavy atom. The lowest BCUT2D eigenvalue weighted by molar-refractivity contribution is 0.620. The van der Waals surface area contributed by atoms with Gasteiger partial charge in [0.1, 0.15) is 0 Å². The number of benzene rings is 7. The summed E-state index contributed by atoms with van der Waals surface area (Å²) in [5, 5.41) is 2.45. The van der Waals surface area contributed by atoms with Gasteiger partial charge in [-0.3, -0.25) is 0 Å². The van der Waals surface area contributed by atoms with Crippen LogP contribution in [0.25, 0.3) is 44.7 Å². The van der Waals surface area contributed by atoms with E-state index in [0.29, 0.717) is 5.92 Å². The standard InChI is InChI=1S/C52H41N/c1-37-31-32-43-23-15-27-47(52(43)51(37)42-20-7-3-8-21-42)46-26-13-14-29-50(46)53(49-30-16-22-40-19-11-12-25-44(40)49)48-28-10-4-9-24-45(48)41-35-33-39(34-36-41)38-17-5-2-6-18-38/h2-27,29-37,51H,28H2,1H3. The second-order valence-corrected chi connectivity index (χ2v) is 14.1. The fraction of sp³-hybridized carbons (Fsp3) is 0.0769. The highest BCUT2D eigenvalue weighted by Gasteiger charge is 2.30. The van der Waals surface area contributed by atoms with E-state index in [1.165, 1.54) is 77.9 Å². The van der Waals surface area contributed by atoms with E-state index < -0.39 is 0 Å². The van der Waals surface area contributed by atoms with Crippen LogP contribution >= 0.6 is 0 Å². The Bertz CT molecular complexity index is 2530. The molecule has 2 aliphatic carbocycles. The first-order chi connectivity index (χ1) is 26.2. The minimum atomic E-state index is 0.244. The van der Waals surface area contributed by atoms with Gasteiger partial charge in [0.05, 0.1) is 11.4 Å². The molecular formula is C52H41N. The van der Waals surface area contributed by atoms with Crippen LogP contribution in [-0.2, 0) is 0 Å². The summed E-state index contributed by atoms with van der Waals surface area (Å²) in [6, 6.07) is 62.1. The van der Waals surface area contributed by atoms with E-state index in [1.54, 1.807) is 0 Å². The molecule has 0 heterocycles. The molecule has 0 spiro atoms. The van der Waals surface area contributed by atoms with Gasteiger partial charge in [0.25, 0.3) is 0 Å². The number of rotatable bonds is 7. The second-order valence-electron chi connectivity index (χ2n) is 14.1. The van der Waals surface area contributed by atoms with E-state index in [2.05, 4.69) is 218 Å². The normalized spacial score (nSPS) is 16.4. The van der Waals surface area contributed by atoms with Crippen molar-refractivity contribution in [3.8, 4) is 22.3 Å². The Hall–Kier alpha value is -6.44. The predicted octanol–water partition coefficient (Wildman–Crippen LogP) is 14.0. The highest BCUT2D eigenvalue weighted by atomic mass is 15.2. The topological polar surface area (TPSA) is 3.24 Å². The zero-order chi connectivity index (χ0) is 35.6. The number of anilines is 2. The monoisotopic (exact) mass is 679 g/mol. The lowest BCUT2D eigenvalue weighted by Gasteiger charge is -2.34. The molecule has 0 saturated heterocycles. The summed E-state index contributed by atoms with van der Waals surface area (Å²) in [7, 11) is 0. The van der Waals surface area contributed by atoms with Crippen molar-refractivity contribution >= 4 is 33.8 Å². The molecule has 2 atom stereocenters. The van der Waals surface area contributed by atoms with Crippen molar-refractivity contribution < 1.29 is 0 Å². The van der Waals surface area contributed by atoms with Gasteiger partial charge in [0.15, 0.2) is 0 Å². The number of nitrogens with zero attached hydrogens (tertiary/aromatic N) is 1. The van der Waals surface area contributed by atoms with Crippen LogP contribution in [0.5, 0.6) is 0 Å². The molecule has 254 valence electrons. The molecule has 0 aliphatic heterocycles. The van der Waals surface area contributed by atoms with E-state index in [-0.39, 0.29) is 5.92 Å². The van der Waals surface area contributed by atoms with Crippen LogP contribution in [0.2, 0.25) is 0 Å². The van der Waals surface area contributed by atoms with Crippen LogP contribution in [0, 0.1) is 5.92 Å². The minimum absolute atomic E-state index is 0.244. The maximum atomic E-state index is 2.55. The molecule has 0 radical (unpaired) electrons. The third kappa shape index (κ3) is 6.15. The van der Waals surface area contributed by atoms with Crippen molar-refractivity contribution in [1.29, 1.82) is 0 Å². The highest BCUT2D eigenvalue weighted by molar-refractivity contribution is 6.01. The molecule has 0 aromatic heterocycles. The first-order valence-electron chi connectivity index (χ1n) is 18.7. The van der Waals surface area contributed by atoms with Crippen LogP contribution in [-0.4, -0.2) is 0 Å². The predicted molar refractivity (Wildman–Crippen MR) is 226 cm³/mol. The average Bonchev–Trinajstić information content (AvgIpc) is 3.48. The van der Waals surface area contributed by atoms with Gasteiger partial charge < -0.3 is 4.90 Å². The van der Waals surface area contributed by atoms with Crippen molar-refractivity contribution in [2.24, 2.45) is 5.92 Å². The smallest absolute Gasteiger partial charge is 0.0537 e. The summed E-state index contributed by atoms with van der Waals surface area (Å²) >= 11 is 0. The number of fused-ring (bicyclic) bond motifs is 2. The molecule has 0 saturated carbocycles. The first-order valence-corrected chi connectivity index (χ1v) is 18.7. The number of allylic oxidation sites excluding steroid dienone is 6. The van der Waals surface area contributed by atoms with E-state index in [9.17, 15) is 0 Å². The van der Waals surface area contributed by atoms with Crippen molar-refractivity contribution in [3.05, 3.63) is 228 Å². The van der Waals surface area contributed by atoms with Crippen molar-refractivity contribution in [2.75, 3.05) is 4.90 Å². The third-order valence-corrected chi connectivity index (χ3v) is 10.9. The molecule has 0 bridgehead atoms. The van der Waals surface area contributed by atoms with Crippen LogP contribution in [0.4, 0.5) is 11.4 Å². The van der Waals surface area contributed by atoms with Gasteiger partial charge >= 0.3 is 0 Å². The summed E-state index contributed by atoms with van der Waals surface area (Å²) in [4.78, 5) is 2.55. The van der Waals surface area contributed by atoms with Crippen LogP contribution in [0.15, 0.2) is 206 Å². The molecule has 0 amide bonds. The highest BCUT2D eigenvalue weighted by Crippen LogP contribution is 2.49. The fourth-order valence-corrected chi connectivity index (χ4v) is 8.35. The SMILES string of the molecule is CC1C=Cc2cccc(-c3ccccc3N(C3=C(c4ccc(-c5ccccc5)cc4)C=CC=CC3)c3cccc4ccccc34)c2C1c1ccccc1. The molecule has 0 fully saturated rings. The first kappa shape index (κ1) is 32.5. The van der Waals surface area contributed by atoms with Crippen LogP contribution < -0.4 is 4.90 Å². The van der Waals surface area contributed by atoms with Gasteiger partial charge in [-0.05, 0) is 62.4 Å². The zero-order valence-electron chi connectivity index (χ0n) is 29.9. The van der Waals surface area contributed by atoms with Crippen LogP contribution in [0.1, 0.15) is 41.5 Å². The Labute approximate surface area is 313 Å². The zero-order valence-corrected chi connectivity index (χ0v) is 29.9. The molecule has 1 heteroatoms. The maximum absolute atomic E-state index is 2.55. The van der Waals surface area contributed by atoms with Gasteiger partial charge in [-0.25, -0.2) is 0 Å². The Balaban J connectivity index is 1.29. The molecule has 0 N–H and O–H groups in total. The fourth-order valence-electron chi connectivity index (χ4n) is 8.35. The van der Waals surface area contributed by atoms with Gasteiger partial charge in [0.2, 0.25) is 0 Å². The van der Waals surface area contributed by atoms with E-state index >= 15 is 0 Å². The summed E-state index contributed by atoms with van der Waals surface area (Å²) in [6.45, 7) is 2.35. The quantitative estimate of drug-likeness (QED) is 0.162. The number of hydrogen-bond acceptors (Lipinski definition) is 1. The number of para-hydroxylation sites is 1. The molecule has 53 heavy (non-hydrogen) atoms. The summed E-state index contributed by atoms with van der Waals surface area (Å²) in [5.41, 5.74) is 15.0. The molecule has 7 aromatic rings. The van der Waals surface area contributed by atoms with Gasteiger partial charge in [-0.1, -0.05) is 201 Å². The van der Waals surface area contributed by atoms with E-state index in [4.69, 9.17) is 0 Å². The van der Waals surface area contributed by atoms with E-state index in [1.807, 2.05) is 0 Å². The summed E-state index contributed by atoms with van der Waals surface area (Å²) in [5.74, 6) is 0.603. The van der Waals surface area contributed by atoms with Crippen LogP contribution in [0.3, 0.4) is 0 Å². The Morgan fingerprint density at radius 2 is 1.15 bits per heavy atom. The van der Waals surface area contributed by atoms with Crippen molar-refractivity contribution in [3.63, 3.8) is 0 Å². The largest absolute Gasteiger partial charge is 0.312 e. The van der Waals surface area contributed by atoms with Crippen molar-refractivity contribution in [1.82, 2.24) is 0 Å². The van der Waals surface area contributed by atoms with Crippen molar-refractivity contribution in [2.45, 2.75) is 19.3 Å².